The van der Waals surface area contributed by atoms with E-state index in [-0.39, 0.29) is 5.91 Å². The van der Waals surface area contributed by atoms with Crippen LogP contribution in [0.15, 0.2) is 36.5 Å². The van der Waals surface area contributed by atoms with Gasteiger partial charge in [-0.2, -0.15) is 0 Å². The minimum atomic E-state index is -0.131. The predicted molar refractivity (Wildman–Crippen MR) is 101 cm³/mol. The summed E-state index contributed by atoms with van der Waals surface area (Å²) in [5.74, 6) is 0.713. The van der Waals surface area contributed by atoms with E-state index in [1.54, 1.807) is 0 Å². The third kappa shape index (κ3) is 3.55. The molecule has 0 aliphatic carbocycles. The van der Waals surface area contributed by atoms with Crippen LogP contribution in [0, 0.1) is 6.92 Å². The summed E-state index contributed by atoms with van der Waals surface area (Å²) >= 11 is 0. The van der Waals surface area contributed by atoms with Crippen molar-refractivity contribution in [1.29, 1.82) is 0 Å². The molecule has 0 spiro atoms. The molecule has 2 aromatic heterocycles. The molecular formula is C20H24N4O. The van der Waals surface area contributed by atoms with Gasteiger partial charge in [-0.1, -0.05) is 38.0 Å². The lowest BCUT2D eigenvalue weighted by molar-refractivity contribution is 0.0948. The molecule has 0 fully saturated rings. The lowest BCUT2D eigenvalue weighted by Gasteiger charge is -2.11. The average molecular weight is 336 g/mol. The number of fused-ring (bicyclic) bond motifs is 1. The van der Waals surface area contributed by atoms with Gasteiger partial charge in [0.1, 0.15) is 11.5 Å². The first-order chi connectivity index (χ1) is 12.1. The van der Waals surface area contributed by atoms with Crippen molar-refractivity contribution in [2.24, 2.45) is 7.05 Å². The molecule has 3 rings (SSSR count). The van der Waals surface area contributed by atoms with E-state index in [4.69, 9.17) is 0 Å². The highest BCUT2D eigenvalue weighted by molar-refractivity contribution is 6.00. The van der Waals surface area contributed by atoms with Gasteiger partial charge in [0.15, 0.2) is 0 Å². The summed E-state index contributed by atoms with van der Waals surface area (Å²) in [6, 6.07) is 9.71. The van der Waals surface area contributed by atoms with Gasteiger partial charge in [-0.3, -0.25) is 4.79 Å². The number of hydrogen-bond acceptors (Lipinski definition) is 3. The Labute approximate surface area is 148 Å². The number of aryl methyl sites for hydroxylation is 1. The average Bonchev–Trinajstić information content (AvgIpc) is 2.96. The Morgan fingerprint density at radius 2 is 2.04 bits per heavy atom. The van der Waals surface area contributed by atoms with Crippen LogP contribution in [0.3, 0.4) is 0 Å². The molecule has 0 atom stereocenters. The fourth-order valence-corrected chi connectivity index (χ4v) is 2.89. The van der Waals surface area contributed by atoms with E-state index in [9.17, 15) is 4.79 Å². The number of rotatable bonds is 6. The van der Waals surface area contributed by atoms with Crippen molar-refractivity contribution in [1.82, 2.24) is 19.9 Å². The van der Waals surface area contributed by atoms with Crippen molar-refractivity contribution >= 4 is 16.8 Å². The van der Waals surface area contributed by atoms with Crippen LogP contribution in [0.4, 0.5) is 0 Å². The summed E-state index contributed by atoms with van der Waals surface area (Å²) in [5, 5.41) is 3.97. The van der Waals surface area contributed by atoms with E-state index in [0.29, 0.717) is 12.2 Å². The monoisotopic (exact) mass is 336 g/mol. The molecule has 130 valence electrons. The van der Waals surface area contributed by atoms with Gasteiger partial charge in [-0.25, -0.2) is 9.97 Å². The SMILES string of the molecule is CCCCCNC(=O)c1cc(-c2ncc(C)n2C)c2ccccc2n1. The zero-order valence-corrected chi connectivity index (χ0v) is 15.0. The van der Waals surface area contributed by atoms with Gasteiger partial charge in [-0.15, -0.1) is 0 Å². The van der Waals surface area contributed by atoms with Gasteiger partial charge in [0.2, 0.25) is 0 Å². The second-order valence-corrected chi connectivity index (χ2v) is 6.32. The first kappa shape index (κ1) is 17.1. The molecule has 0 aliphatic rings. The lowest BCUT2D eigenvalue weighted by atomic mass is 10.1. The number of nitrogens with one attached hydrogen (secondary N) is 1. The van der Waals surface area contributed by atoms with Crippen LogP contribution in [0.2, 0.25) is 0 Å². The summed E-state index contributed by atoms with van der Waals surface area (Å²) in [6.45, 7) is 4.84. The molecule has 0 radical (unpaired) electrons. The van der Waals surface area contributed by atoms with Crippen LogP contribution in [-0.2, 0) is 7.05 Å². The zero-order chi connectivity index (χ0) is 17.8. The third-order valence-corrected chi connectivity index (χ3v) is 4.48. The first-order valence-electron chi connectivity index (χ1n) is 8.78. The molecule has 0 bridgehead atoms. The molecule has 1 aromatic carbocycles. The summed E-state index contributed by atoms with van der Waals surface area (Å²) < 4.78 is 2.03. The van der Waals surface area contributed by atoms with E-state index in [2.05, 4.69) is 22.2 Å². The second-order valence-electron chi connectivity index (χ2n) is 6.32. The maximum absolute atomic E-state index is 12.5. The topological polar surface area (TPSA) is 59.8 Å². The van der Waals surface area contributed by atoms with E-state index in [0.717, 1.165) is 47.2 Å². The maximum Gasteiger partial charge on any atom is 0.269 e. The van der Waals surface area contributed by atoms with Crippen LogP contribution < -0.4 is 5.32 Å². The highest BCUT2D eigenvalue weighted by atomic mass is 16.1. The van der Waals surface area contributed by atoms with Crippen molar-refractivity contribution in [3.63, 3.8) is 0 Å². The Bertz CT molecular complexity index is 898. The standard InChI is InChI=1S/C20H24N4O/c1-4-5-8-11-21-20(25)18-12-16(19-22-13-14(2)24(19)3)15-9-6-7-10-17(15)23-18/h6-7,9-10,12-13H,4-5,8,11H2,1-3H3,(H,21,25). The van der Waals surface area contributed by atoms with Crippen LogP contribution in [0.25, 0.3) is 22.3 Å². The zero-order valence-electron chi connectivity index (χ0n) is 15.0. The number of nitrogens with zero attached hydrogens (tertiary/aromatic N) is 3. The van der Waals surface area contributed by atoms with E-state index in [1.165, 1.54) is 0 Å². The fraction of sp³-hybridized carbons (Fsp3) is 0.350. The summed E-state index contributed by atoms with van der Waals surface area (Å²) in [5.41, 5.74) is 3.24. The Balaban J connectivity index is 2.01. The molecule has 0 aliphatic heterocycles. The number of benzene rings is 1. The number of unbranched alkanes of at least 4 members (excludes halogenated alkanes) is 2. The third-order valence-electron chi connectivity index (χ3n) is 4.48. The first-order valence-corrected chi connectivity index (χ1v) is 8.78. The number of aromatic nitrogens is 3. The molecule has 3 aromatic rings. The summed E-state index contributed by atoms with van der Waals surface area (Å²) in [7, 11) is 1.98. The van der Waals surface area contributed by atoms with E-state index in [1.807, 2.05) is 55.1 Å². The van der Waals surface area contributed by atoms with Crippen LogP contribution in [0.5, 0.6) is 0 Å². The van der Waals surface area contributed by atoms with Crippen molar-refractivity contribution in [3.8, 4) is 11.4 Å². The molecule has 0 unspecified atom stereocenters. The Morgan fingerprint density at radius 1 is 1.24 bits per heavy atom. The van der Waals surface area contributed by atoms with Gasteiger partial charge in [0.05, 0.1) is 5.52 Å². The van der Waals surface area contributed by atoms with Crippen LogP contribution in [0.1, 0.15) is 42.4 Å². The van der Waals surface area contributed by atoms with Crippen LogP contribution in [-0.4, -0.2) is 27.0 Å². The molecule has 5 heteroatoms. The number of carbonyl (C=O) groups is 1. The van der Waals surface area contributed by atoms with E-state index < -0.39 is 0 Å². The number of para-hydroxylation sites is 1. The number of imidazole rings is 1. The molecule has 2 heterocycles. The summed E-state index contributed by atoms with van der Waals surface area (Å²) in [6.07, 6.45) is 5.08. The Kier molecular flexibility index (Phi) is 5.12. The Hall–Kier alpha value is -2.69. The number of amides is 1. The normalized spacial score (nSPS) is 11.0. The second kappa shape index (κ2) is 7.47. The fourth-order valence-electron chi connectivity index (χ4n) is 2.89. The summed E-state index contributed by atoms with van der Waals surface area (Å²) in [4.78, 5) is 21.6. The van der Waals surface area contributed by atoms with E-state index >= 15 is 0 Å². The highest BCUT2D eigenvalue weighted by Gasteiger charge is 2.16. The van der Waals surface area contributed by atoms with Gasteiger partial charge in [0, 0.05) is 36.4 Å². The van der Waals surface area contributed by atoms with Crippen molar-refractivity contribution in [3.05, 3.63) is 47.9 Å². The maximum atomic E-state index is 12.5. The predicted octanol–water partition coefficient (Wildman–Crippen LogP) is 3.86. The molecule has 25 heavy (non-hydrogen) atoms. The van der Waals surface area contributed by atoms with Gasteiger partial charge < -0.3 is 9.88 Å². The van der Waals surface area contributed by atoms with Crippen molar-refractivity contribution < 1.29 is 4.79 Å². The van der Waals surface area contributed by atoms with Gasteiger partial charge >= 0.3 is 0 Å². The van der Waals surface area contributed by atoms with Crippen molar-refractivity contribution in [2.75, 3.05) is 6.54 Å². The highest BCUT2D eigenvalue weighted by Crippen LogP contribution is 2.28. The molecule has 1 amide bonds. The Morgan fingerprint density at radius 3 is 2.76 bits per heavy atom. The number of hydrogen-bond donors (Lipinski definition) is 1. The lowest BCUT2D eigenvalue weighted by Crippen LogP contribution is -2.25. The minimum Gasteiger partial charge on any atom is -0.351 e. The molecule has 1 N–H and O–H groups in total. The van der Waals surface area contributed by atoms with Crippen molar-refractivity contribution in [2.45, 2.75) is 33.1 Å². The molecule has 0 saturated carbocycles. The smallest absolute Gasteiger partial charge is 0.269 e. The quantitative estimate of drug-likeness (QED) is 0.695. The molecular weight excluding hydrogens is 312 g/mol. The largest absolute Gasteiger partial charge is 0.351 e. The van der Waals surface area contributed by atoms with Gasteiger partial charge in [-0.05, 0) is 25.5 Å². The number of pyridine rings is 1. The van der Waals surface area contributed by atoms with Gasteiger partial charge in [0.25, 0.3) is 5.91 Å². The number of carbonyl (C=O) groups excluding carboxylic acids is 1. The minimum absolute atomic E-state index is 0.131. The van der Waals surface area contributed by atoms with Crippen LogP contribution >= 0.6 is 0 Å². The molecule has 5 nitrogen and oxygen atoms in total. The molecule has 0 saturated heterocycles.